The summed E-state index contributed by atoms with van der Waals surface area (Å²) in [6.07, 6.45) is 0.542. The number of rotatable bonds is 4. The molecule has 5 nitrogen and oxygen atoms in total. The minimum absolute atomic E-state index is 0.183. The molecule has 2 aromatic carbocycles. The quantitative estimate of drug-likeness (QED) is 0.774. The van der Waals surface area contributed by atoms with Crippen molar-refractivity contribution in [2.24, 2.45) is 5.73 Å². The highest BCUT2D eigenvalue weighted by molar-refractivity contribution is 5.39. The zero-order valence-electron chi connectivity index (χ0n) is 11.8. The first-order valence-corrected chi connectivity index (χ1v) is 6.85. The Bertz CT molecular complexity index is 766. The maximum atomic E-state index is 13.0. The molecule has 0 fully saturated rings. The monoisotopic (exact) mass is 298 g/mol. The van der Waals surface area contributed by atoms with E-state index in [1.807, 2.05) is 0 Å². The van der Waals surface area contributed by atoms with Crippen LogP contribution in [0.5, 0.6) is 5.75 Å². The highest BCUT2D eigenvalue weighted by Crippen LogP contribution is 2.19. The number of hydrogen-bond donors (Lipinski definition) is 2. The normalized spacial score (nSPS) is 10.8. The summed E-state index contributed by atoms with van der Waals surface area (Å²) in [7, 11) is 0. The van der Waals surface area contributed by atoms with Gasteiger partial charge < -0.3 is 10.8 Å². The maximum absolute atomic E-state index is 13.0. The summed E-state index contributed by atoms with van der Waals surface area (Å²) in [5.74, 6) is -0.0871. The second-order valence-electron chi connectivity index (χ2n) is 4.92. The van der Waals surface area contributed by atoms with Gasteiger partial charge in [0.2, 0.25) is 0 Å². The molecule has 112 valence electrons. The molecule has 3 aromatic rings. The smallest absolute Gasteiger partial charge is 0.123 e. The third-order valence-electron chi connectivity index (χ3n) is 3.42. The van der Waals surface area contributed by atoms with Gasteiger partial charge in [0.1, 0.15) is 17.3 Å². The van der Waals surface area contributed by atoms with E-state index in [4.69, 9.17) is 5.73 Å². The molecule has 1 heterocycles. The first kappa shape index (κ1) is 14.2. The van der Waals surface area contributed by atoms with Crippen LogP contribution in [0, 0.1) is 5.82 Å². The fourth-order valence-electron chi connectivity index (χ4n) is 2.27. The Balaban J connectivity index is 2.00. The van der Waals surface area contributed by atoms with Crippen molar-refractivity contribution in [2.75, 3.05) is 0 Å². The van der Waals surface area contributed by atoms with Crippen LogP contribution in [-0.4, -0.2) is 20.1 Å². The average molecular weight is 298 g/mol. The van der Waals surface area contributed by atoms with Crippen LogP contribution in [0.15, 0.2) is 48.5 Å². The van der Waals surface area contributed by atoms with Gasteiger partial charge >= 0.3 is 0 Å². The summed E-state index contributed by atoms with van der Waals surface area (Å²) < 4.78 is 14.7. The molecule has 3 rings (SSSR count). The van der Waals surface area contributed by atoms with Gasteiger partial charge in [0, 0.05) is 13.0 Å². The molecule has 3 N–H and O–H groups in total. The average Bonchev–Trinajstić information content (AvgIpc) is 2.93. The fourth-order valence-corrected chi connectivity index (χ4v) is 2.27. The van der Waals surface area contributed by atoms with E-state index in [0.29, 0.717) is 12.1 Å². The van der Waals surface area contributed by atoms with Gasteiger partial charge in [0.15, 0.2) is 0 Å². The predicted octanol–water partition coefficient (Wildman–Crippen LogP) is 2.16. The lowest BCUT2D eigenvalue weighted by molar-refractivity contribution is 0.475. The number of aromatic nitrogens is 3. The van der Waals surface area contributed by atoms with Crippen LogP contribution in [-0.2, 0) is 13.0 Å². The van der Waals surface area contributed by atoms with Crippen LogP contribution in [0.1, 0.15) is 17.0 Å². The molecule has 22 heavy (non-hydrogen) atoms. The SMILES string of the molecule is NCc1nnn(-c2ccc(O)cc2)c1Cc1ccc(F)cc1. The third kappa shape index (κ3) is 2.82. The molecule has 1 aromatic heterocycles. The van der Waals surface area contributed by atoms with Gasteiger partial charge in [-0.3, -0.25) is 0 Å². The van der Waals surface area contributed by atoms with Crippen LogP contribution in [0.25, 0.3) is 5.69 Å². The van der Waals surface area contributed by atoms with Gasteiger partial charge in [0.05, 0.1) is 11.4 Å². The molecule has 0 saturated heterocycles. The van der Waals surface area contributed by atoms with E-state index in [9.17, 15) is 9.50 Å². The summed E-state index contributed by atoms with van der Waals surface area (Å²) >= 11 is 0. The van der Waals surface area contributed by atoms with Gasteiger partial charge in [-0.15, -0.1) is 5.10 Å². The van der Waals surface area contributed by atoms with E-state index in [-0.39, 0.29) is 18.1 Å². The zero-order valence-corrected chi connectivity index (χ0v) is 11.8. The van der Waals surface area contributed by atoms with Gasteiger partial charge in [0.25, 0.3) is 0 Å². The second-order valence-corrected chi connectivity index (χ2v) is 4.92. The maximum Gasteiger partial charge on any atom is 0.123 e. The Labute approximate surface area is 126 Å². The minimum Gasteiger partial charge on any atom is -0.508 e. The molecular formula is C16H15FN4O. The third-order valence-corrected chi connectivity index (χ3v) is 3.42. The molecular weight excluding hydrogens is 283 g/mol. The molecule has 0 bridgehead atoms. The van der Waals surface area contributed by atoms with Crippen LogP contribution >= 0.6 is 0 Å². The van der Waals surface area contributed by atoms with Crippen molar-refractivity contribution in [1.82, 2.24) is 15.0 Å². The van der Waals surface area contributed by atoms with E-state index in [0.717, 1.165) is 16.9 Å². The lowest BCUT2D eigenvalue weighted by atomic mass is 10.1. The first-order valence-electron chi connectivity index (χ1n) is 6.85. The fraction of sp³-hybridized carbons (Fsp3) is 0.125. The molecule has 0 radical (unpaired) electrons. The first-order chi connectivity index (χ1) is 10.7. The van der Waals surface area contributed by atoms with Crippen LogP contribution < -0.4 is 5.73 Å². The molecule has 0 atom stereocenters. The van der Waals surface area contributed by atoms with Crippen LogP contribution in [0.3, 0.4) is 0 Å². The summed E-state index contributed by atoms with van der Waals surface area (Å²) in [4.78, 5) is 0. The number of nitrogens with two attached hydrogens (primary N) is 1. The summed E-state index contributed by atoms with van der Waals surface area (Å²) in [5.41, 5.74) is 8.99. The van der Waals surface area contributed by atoms with Crippen LogP contribution in [0.2, 0.25) is 0 Å². The number of benzene rings is 2. The highest BCUT2D eigenvalue weighted by atomic mass is 19.1. The molecule has 6 heteroatoms. The van der Waals surface area contributed by atoms with E-state index in [1.54, 1.807) is 41.1 Å². The van der Waals surface area contributed by atoms with E-state index in [2.05, 4.69) is 10.3 Å². The Kier molecular flexibility index (Phi) is 3.84. The Morgan fingerprint density at radius 3 is 2.36 bits per heavy atom. The summed E-state index contributed by atoms with van der Waals surface area (Å²) in [6.45, 7) is 0.272. The van der Waals surface area contributed by atoms with Crippen molar-refractivity contribution in [1.29, 1.82) is 0 Å². The molecule has 0 aliphatic rings. The van der Waals surface area contributed by atoms with Gasteiger partial charge in [-0.25, -0.2) is 9.07 Å². The van der Waals surface area contributed by atoms with Crippen molar-refractivity contribution >= 4 is 0 Å². The van der Waals surface area contributed by atoms with Gasteiger partial charge in [-0.05, 0) is 42.0 Å². The van der Waals surface area contributed by atoms with Crippen molar-refractivity contribution in [3.63, 3.8) is 0 Å². The molecule has 0 saturated carbocycles. The number of halogens is 1. The number of phenols is 1. The second kappa shape index (κ2) is 5.95. The number of hydrogen-bond acceptors (Lipinski definition) is 4. The molecule has 0 amide bonds. The Hall–Kier alpha value is -2.73. The molecule has 0 spiro atoms. The van der Waals surface area contributed by atoms with Crippen molar-refractivity contribution in [2.45, 2.75) is 13.0 Å². The Morgan fingerprint density at radius 2 is 1.73 bits per heavy atom. The van der Waals surface area contributed by atoms with E-state index in [1.165, 1.54) is 12.1 Å². The summed E-state index contributed by atoms with van der Waals surface area (Å²) in [6, 6.07) is 13.0. The van der Waals surface area contributed by atoms with E-state index < -0.39 is 0 Å². The standard InChI is InChI=1S/C16H15FN4O/c17-12-3-1-11(2-4-12)9-16-15(10-18)19-20-21(16)13-5-7-14(22)8-6-13/h1-8,22H,9-10,18H2. The number of aromatic hydroxyl groups is 1. The minimum atomic E-state index is -0.270. The molecule has 0 unspecified atom stereocenters. The number of nitrogens with zero attached hydrogens (tertiary/aromatic N) is 3. The lowest BCUT2D eigenvalue weighted by Gasteiger charge is -2.08. The summed E-state index contributed by atoms with van der Waals surface area (Å²) in [5, 5.41) is 17.6. The predicted molar refractivity (Wildman–Crippen MR) is 80.1 cm³/mol. The molecule has 0 aliphatic carbocycles. The van der Waals surface area contributed by atoms with E-state index >= 15 is 0 Å². The van der Waals surface area contributed by atoms with Gasteiger partial charge in [-0.2, -0.15) is 0 Å². The Morgan fingerprint density at radius 1 is 1.05 bits per heavy atom. The zero-order chi connectivity index (χ0) is 15.5. The van der Waals surface area contributed by atoms with Crippen LogP contribution in [0.4, 0.5) is 4.39 Å². The lowest BCUT2D eigenvalue weighted by Crippen LogP contribution is -2.07. The van der Waals surface area contributed by atoms with Crippen molar-refractivity contribution in [3.8, 4) is 11.4 Å². The topological polar surface area (TPSA) is 77.0 Å². The van der Waals surface area contributed by atoms with Crippen molar-refractivity contribution in [3.05, 3.63) is 71.3 Å². The van der Waals surface area contributed by atoms with Gasteiger partial charge in [-0.1, -0.05) is 17.3 Å². The van der Waals surface area contributed by atoms with Crippen molar-refractivity contribution < 1.29 is 9.50 Å². The largest absolute Gasteiger partial charge is 0.508 e. The highest BCUT2D eigenvalue weighted by Gasteiger charge is 2.14. The molecule has 0 aliphatic heterocycles. The number of phenolic OH excluding ortho intramolecular Hbond substituents is 1.